The Morgan fingerprint density at radius 3 is 2.61 bits per heavy atom. The van der Waals surface area contributed by atoms with Crippen molar-refractivity contribution in [3.63, 3.8) is 0 Å². The third-order valence-electron chi connectivity index (χ3n) is 2.81. The highest BCUT2D eigenvalue weighted by Gasteiger charge is 2.35. The number of rotatable bonds is 1. The molecule has 1 aliphatic heterocycles. The molecule has 6 heteroatoms. The standard InChI is InChI=1S/C12H11F4NO/c13-9-4-5-10-8(6-9)2-1-3-11(18)17(10)7-12(14,15)16/h4-6H,1-3,7H2. The van der Waals surface area contributed by atoms with E-state index in [1.165, 1.54) is 12.1 Å². The minimum absolute atomic E-state index is 0.0480. The second-order valence-corrected chi connectivity index (χ2v) is 4.22. The van der Waals surface area contributed by atoms with Gasteiger partial charge in [0.1, 0.15) is 12.4 Å². The van der Waals surface area contributed by atoms with Crippen LogP contribution < -0.4 is 4.90 Å². The molecule has 2 nitrogen and oxygen atoms in total. The zero-order chi connectivity index (χ0) is 13.3. The van der Waals surface area contributed by atoms with Gasteiger partial charge in [0, 0.05) is 12.1 Å². The van der Waals surface area contributed by atoms with Gasteiger partial charge < -0.3 is 4.90 Å². The summed E-state index contributed by atoms with van der Waals surface area (Å²) < 4.78 is 50.4. The maximum atomic E-state index is 13.1. The van der Waals surface area contributed by atoms with Crippen LogP contribution in [0.2, 0.25) is 0 Å². The number of amides is 1. The second-order valence-electron chi connectivity index (χ2n) is 4.22. The van der Waals surface area contributed by atoms with E-state index in [4.69, 9.17) is 0 Å². The summed E-state index contributed by atoms with van der Waals surface area (Å²) in [6, 6.07) is 3.50. The largest absolute Gasteiger partial charge is 0.406 e. The minimum atomic E-state index is -4.47. The molecule has 1 amide bonds. The van der Waals surface area contributed by atoms with Crippen molar-refractivity contribution in [2.24, 2.45) is 0 Å². The quantitative estimate of drug-likeness (QED) is 0.711. The lowest BCUT2D eigenvalue weighted by Gasteiger charge is -2.24. The van der Waals surface area contributed by atoms with Gasteiger partial charge >= 0.3 is 6.18 Å². The number of anilines is 1. The first kappa shape index (κ1) is 12.9. The van der Waals surface area contributed by atoms with Crippen molar-refractivity contribution >= 4 is 11.6 Å². The van der Waals surface area contributed by atoms with E-state index in [-0.39, 0.29) is 12.1 Å². The van der Waals surface area contributed by atoms with Crippen LogP contribution in [0.25, 0.3) is 0 Å². The molecule has 0 N–H and O–H groups in total. The van der Waals surface area contributed by atoms with Gasteiger partial charge in [-0.05, 0) is 36.6 Å². The van der Waals surface area contributed by atoms with Gasteiger partial charge in [0.2, 0.25) is 5.91 Å². The van der Waals surface area contributed by atoms with Gasteiger partial charge in [-0.2, -0.15) is 13.2 Å². The summed E-state index contributed by atoms with van der Waals surface area (Å²) in [4.78, 5) is 12.4. The Bertz CT molecular complexity index is 470. The first-order chi connectivity index (χ1) is 8.37. The third kappa shape index (κ3) is 2.80. The zero-order valence-corrected chi connectivity index (χ0v) is 9.43. The lowest BCUT2D eigenvalue weighted by molar-refractivity contribution is -0.132. The molecule has 2 rings (SSSR count). The predicted molar refractivity (Wildman–Crippen MR) is 57.7 cm³/mol. The highest BCUT2D eigenvalue weighted by atomic mass is 19.4. The van der Waals surface area contributed by atoms with E-state index in [1.807, 2.05) is 0 Å². The molecule has 1 aromatic carbocycles. The average Bonchev–Trinajstić information content (AvgIpc) is 2.37. The SMILES string of the molecule is O=C1CCCc2cc(F)ccc2N1CC(F)(F)F. The van der Waals surface area contributed by atoms with Crippen LogP contribution in [-0.4, -0.2) is 18.6 Å². The fraction of sp³-hybridized carbons (Fsp3) is 0.417. The maximum absolute atomic E-state index is 13.1. The van der Waals surface area contributed by atoms with E-state index < -0.39 is 24.4 Å². The van der Waals surface area contributed by atoms with Gasteiger partial charge in [-0.15, -0.1) is 0 Å². The fourth-order valence-electron chi connectivity index (χ4n) is 2.07. The molecule has 0 aromatic heterocycles. The molecule has 1 heterocycles. The Hall–Kier alpha value is -1.59. The zero-order valence-electron chi connectivity index (χ0n) is 9.43. The van der Waals surface area contributed by atoms with Crippen molar-refractivity contribution in [1.29, 1.82) is 0 Å². The molecule has 0 saturated heterocycles. The number of benzene rings is 1. The lowest BCUT2D eigenvalue weighted by Crippen LogP contribution is -2.38. The van der Waals surface area contributed by atoms with Crippen molar-refractivity contribution in [2.45, 2.75) is 25.4 Å². The fourth-order valence-corrected chi connectivity index (χ4v) is 2.07. The molecule has 0 saturated carbocycles. The number of hydrogen-bond acceptors (Lipinski definition) is 1. The molecule has 0 fully saturated rings. The maximum Gasteiger partial charge on any atom is 0.406 e. The van der Waals surface area contributed by atoms with Crippen molar-refractivity contribution in [2.75, 3.05) is 11.4 Å². The van der Waals surface area contributed by atoms with Gasteiger partial charge in [0.05, 0.1) is 0 Å². The highest BCUT2D eigenvalue weighted by Crippen LogP contribution is 2.30. The molecule has 98 valence electrons. The van der Waals surface area contributed by atoms with Crippen molar-refractivity contribution in [1.82, 2.24) is 0 Å². The van der Waals surface area contributed by atoms with Gasteiger partial charge in [-0.25, -0.2) is 4.39 Å². The summed E-state index contributed by atoms with van der Waals surface area (Å²) in [5.74, 6) is -1.08. The molecule has 18 heavy (non-hydrogen) atoms. The van der Waals surface area contributed by atoms with Crippen LogP contribution in [0.4, 0.5) is 23.2 Å². The third-order valence-corrected chi connectivity index (χ3v) is 2.81. The molecule has 1 aliphatic rings. The molecular formula is C12H11F4NO. The average molecular weight is 261 g/mol. The smallest absolute Gasteiger partial charge is 0.303 e. The minimum Gasteiger partial charge on any atom is -0.303 e. The Morgan fingerprint density at radius 2 is 1.94 bits per heavy atom. The first-order valence-corrected chi connectivity index (χ1v) is 5.52. The van der Waals surface area contributed by atoms with E-state index in [9.17, 15) is 22.4 Å². The van der Waals surface area contributed by atoms with Crippen LogP contribution in [0.1, 0.15) is 18.4 Å². The Balaban J connectivity index is 2.41. The molecule has 0 radical (unpaired) electrons. The summed E-state index contributed by atoms with van der Waals surface area (Å²) >= 11 is 0. The number of fused-ring (bicyclic) bond motifs is 1. The van der Waals surface area contributed by atoms with E-state index >= 15 is 0 Å². The van der Waals surface area contributed by atoms with Crippen LogP contribution in [0.15, 0.2) is 18.2 Å². The molecule has 0 spiro atoms. The van der Waals surface area contributed by atoms with E-state index in [2.05, 4.69) is 0 Å². The molecule has 1 aromatic rings. The van der Waals surface area contributed by atoms with Crippen LogP contribution in [0, 0.1) is 5.82 Å². The van der Waals surface area contributed by atoms with Crippen LogP contribution in [0.5, 0.6) is 0 Å². The Kier molecular flexibility index (Phi) is 3.28. The number of alkyl halides is 3. The molecule has 0 unspecified atom stereocenters. The predicted octanol–water partition coefficient (Wildman–Crippen LogP) is 3.06. The lowest BCUT2D eigenvalue weighted by atomic mass is 10.1. The van der Waals surface area contributed by atoms with Crippen molar-refractivity contribution < 1.29 is 22.4 Å². The number of aryl methyl sites for hydroxylation is 1. The Labute approximate surface area is 101 Å². The van der Waals surface area contributed by atoms with Crippen LogP contribution >= 0.6 is 0 Å². The van der Waals surface area contributed by atoms with Crippen molar-refractivity contribution in [3.8, 4) is 0 Å². The Morgan fingerprint density at radius 1 is 1.22 bits per heavy atom. The van der Waals surface area contributed by atoms with Gasteiger partial charge in [0.15, 0.2) is 0 Å². The number of halogens is 4. The van der Waals surface area contributed by atoms with Gasteiger partial charge in [-0.3, -0.25) is 4.79 Å². The van der Waals surface area contributed by atoms with E-state index in [0.29, 0.717) is 23.3 Å². The number of hydrogen-bond donors (Lipinski definition) is 0. The first-order valence-electron chi connectivity index (χ1n) is 5.52. The number of nitrogens with zero attached hydrogens (tertiary/aromatic N) is 1. The summed E-state index contributed by atoms with van der Waals surface area (Å²) in [5, 5.41) is 0. The van der Waals surface area contributed by atoms with Crippen LogP contribution in [0.3, 0.4) is 0 Å². The molecular weight excluding hydrogens is 250 g/mol. The highest BCUT2D eigenvalue weighted by molar-refractivity contribution is 5.94. The van der Waals surface area contributed by atoms with Gasteiger partial charge in [0.25, 0.3) is 0 Å². The molecule has 0 bridgehead atoms. The van der Waals surface area contributed by atoms with Crippen LogP contribution in [-0.2, 0) is 11.2 Å². The topological polar surface area (TPSA) is 20.3 Å². The molecule has 0 aliphatic carbocycles. The summed E-state index contributed by atoms with van der Waals surface area (Å²) in [6.45, 7) is -1.33. The number of carbonyl (C=O) groups excluding carboxylic acids is 1. The van der Waals surface area contributed by atoms with E-state index in [1.54, 1.807) is 0 Å². The summed E-state index contributed by atoms with van der Waals surface area (Å²) in [5.41, 5.74) is 0.612. The van der Waals surface area contributed by atoms with E-state index in [0.717, 1.165) is 6.07 Å². The number of carbonyl (C=O) groups is 1. The monoisotopic (exact) mass is 261 g/mol. The normalized spacial score (nSPS) is 16.4. The molecule has 0 atom stereocenters. The summed E-state index contributed by atoms with van der Waals surface area (Å²) in [6.07, 6.45) is -3.57. The van der Waals surface area contributed by atoms with Crippen molar-refractivity contribution in [3.05, 3.63) is 29.6 Å². The second kappa shape index (κ2) is 4.59. The summed E-state index contributed by atoms with van der Waals surface area (Å²) in [7, 11) is 0. The van der Waals surface area contributed by atoms with Gasteiger partial charge in [-0.1, -0.05) is 0 Å².